The lowest BCUT2D eigenvalue weighted by molar-refractivity contribution is -0.114. The smallest absolute Gasteiger partial charge is 0.263 e. The third-order valence-corrected chi connectivity index (χ3v) is 7.70. The number of amides is 1. The maximum Gasteiger partial charge on any atom is 0.263 e. The van der Waals surface area contributed by atoms with Crippen LogP contribution in [-0.4, -0.2) is 67.1 Å². The lowest BCUT2D eigenvalue weighted by Crippen LogP contribution is -2.37. The Kier molecular flexibility index (Phi) is 8.28. The van der Waals surface area contributed by atoms with Crippen molar-refractivity contribution in [2.45, 2.75) is 4.90 Å². The summed E-state index contributed by atoms with van der Waals surface area (Å²) in [5, 5.41) is 10.6. The Labute approximate surface area is 232 Å². The lowest BCUT2D eigenvalue weighted by Gasteiger charge is -2.27. The van der Waals surface area contributed by atoms with Crippen molar-refractivity contribution in [2.24, 2.45) is 0 Å². The van der Waals surface area contributed by atoms with Crippen LogP contribution in [0.5, 0.6) is 0 Å². The molecule has 3 heterocycles. The van der Waals surface area contributed by atoms with Crippen molar-refractivity contribution >= 4 is 61.6 Å². The van der Waals surface area contributed by atoms with Crippen LogP contribution < -0.4 is 25.6 Å². The molecule has 16 heteroatoms. The number of aromatic nitrogens is 4. The normalized spacial score (nSPS) is 13.5. The Morgan fingerprint density at radius 3 is 2.38 bits per heavy atom. The minimum Gasteiger partial charge on any atom is -0.378 e. The Hall–Kier alpha value is -4.41. The van der Waals surface area contributed by atoms with Gasteiger partial charge in [-0.05, 0) is 48.5 Å². The van der Waals surface area contributed by atoms with Gasteiger partial charge in [-0.15, -0.1) is 11.3 Å². The molecule has 2 aromatic heterocycles. The maximum absolute atomic E-state index is 13.1. The first-order valence-corrected chi connectivity index (χ1v) is 14.4. The second kappa shape index (κ2) is 12.2. The van der Waals surface area contributed by atoms with Gasteiger partial charge in [-0.3, -0.25) is 9.52 Å². The van der Waals surface area contributed by atoms with Crippen LogP contribution in [0.2, 0.25) is 0 Å². The van der Waals surface area contributed by atoms with Crippen LogP contribution in [0.4, 0.5) is 38.7 Å². The van der Waals surface area contributed by atoms with Gasteiger partial charge in [-0.25, -0.2) is 17.8 Å². The highest BCUT2D eigenvalue weighted by Crippen LogP contribution is 2.22. The third-order valence-electron chi connectivity index (χ3n) is 5.53. The summed E-state index contributed by atoms with van der Waals surface area (Å²) < 4.78 is 46.2. The standard InChI is InChI=1S/C24H24FN9O4S2/c25-16-1-3-17(4-2-16)28-20(35)15-27-21-30-22(32-23(31-21)34-10-12-38-13-11-34)29-18-5-7-19(8-6-18)40(36,37)33-24-26-9-14-39-24/h1-9,14H,10-13,15H2,(H,26,33)(H,28,35)(H2,27,29,30,31,32). The van der Waals surface area contributed by atoms with E-state index in [-0.39, 0.29) is 34.4 Å². The fraction of sp³-hybridized carbons (Fsp3) is 0.208. The number of halogens is 1. The van der Waals surface area contributed by atoms with Crippen molar-refractivity contribution in [1.29, 1.82) is 0 Å². The fourth-order valence-electron chi connectivity index (χ4n) is 3.60. The van der Waals surface area contributed by atoms with Gasteiger partial charge in [-0.2, -0.15) is 15.0 Å². The average molecular weight is 586 g/mol. The first-order chi connectivity index (χ1) is 19.3. The molecular formula is C24H24FN9O4S2. The Morgan fingerprint density at radius 1 is 0.975 bits per heavy atom. The Balaban J connectivity index is 1.30. The van der Waals surface area contributed by atoms with E-state index in [0.29, 0.717) is 43.6 Å². The van der Waals surface area contributed by atoms with E-state index >= 15 is 0 Å². The summed E-state index contributed by atoms with van der Waals surface area (Å²) in [6, 6.07) is 11.5. The first kappa shape index (κ1) is 27.2. The summed E-state index contributed by atoms with van der Waals surface area (Å²) in [5.41, 5.74) is 0.986. The quantitative estimate of drug-likeness (QED) is 0.216. The van der Waals surface area contributed by atoms with Crippen molar-refractivity contribution in [2.75, 3.05) is 58.4 Å². The molecule has 13 nitrogen and oxygen atoms in total. The van der Waals surface area contributed by atoms with Crippen LogP contribution in [-0.2, 0) is 19.6 Å². The van der Waals surface area contributed by atoms with Crippen molar-refractivity contribution in [3.63, 3.8) is 0 Å². The Bertz CT molecular complexity index is 1550. The molecule has 0 atom stereocenters. The van der Waals surface area contributed by atoms with Gasteiger partial charge in [0, 0.05) is 36.0 Å². The number of carbonyl (C=O) groups excluding carboxylic acids is 1. The molecule has 5 rings (SSSR count). The summed E-state index contributed by atoms with van der Waals surface area (Å²) >= 11 is 1.18. The first-order valence-electron chi connectivity index (χ1n) is 12.0. The van der Waals surface area contributed by atoms with Gasteiger partial charge in [-0.1, -0.05) is 0 Å². The topological polar surface area (TPSA) is 163 Å². The molecule has 1 aliphatic heterocycles. The van der Waals surface area contributed by atoms with Crippen molar-refractivity contribution in [3.05, 3.63) is 65.9 Å². The van der Waals surface area contributed by atoms with Gasteiger partial charge in [0.1, 0.15) is 5.82 Å². The summed E-state index contributed by atoms with van der Waals surface area (Å²) in [6.07, 6.45) is 1.51. The minimum atomic E-state index is -3.80. The van der Waals surface area contributed by atoms with E-state index < -0.39 is 15.8 Å². The van der Waals surface area contributed by atoms with Crippen molar-refractivity contribution in [3.8, 4) is 0 Å². The fourth-order valence-corrected chi connectivity index (χ4v) is 5.39. The van der Waals surface area contributed by atoms with E-state index in [4.69, 9.17) is 4.74 Å². The molecule has 208 valence electrons. The number of benzene rings is 2. The second-order valence-corrected chi connectivity index (χ2v) is 11.0. The SMILES string of the molecule is O=C(CNc1nc(Nc2ccc(S(=O)(=O)Nc3nccs3)cc2)nc(N2CCOCC2)n1)Nc1ccc(F)cc1. The molecule has 0 unspecified atom stereocenters. The van der Waals surface area contributed by atoms with Crippen LogP contribution in [0.3, 0.4) is 0 Å². The van der Waals surface area contributed by atoms with E-state index in [1.54, 1.807) is 17.5 Å². The number of morpholine rings is 1. The predicted molar refractivity (Wildman–Crippen MR) is 149 cm³/mol. The highest BCUT2D eigenvalue weighted by atomic mass is 32.2. The monoisotopic (exact) mass is 585 g/mol. The summed E-state index contributed by atoms with van der Waals surface area (Å²) in [7, 11) is -3.80. The number of carbonyl (C=O) groups is 1. The zero-order chi connectivity index (χ0) is 28.0. The zero-order valence-corrected chi connectivity index (χ0v) is 22.5. The highest BCUT2D eigenvalue weighted by molar-refractivity contribution is 7.93. The molecule has 0 saturated carbocycles. The van der Waals surface area contributed by atoms with Gasteiger partial charge in [0.05, 0.1) is 24.7 Å². The number of ether oxygens (including phenoxy) is 1. The van der Waals surface area contributed by atoms with Gasteiger partial charge < -0.3 is 25.6 Å². The number of hydrogen-bond acceptors (Lipinski definition) is 12. The van der Waals surface area contributed by atoms with Gasteiger partial charge in [0.15, 0.2) is 5.13 Å². The molecule has 0 bridgehead atoms. The summed E-state index contributed by atoms with van der Waals surface area (Å²) in [4.78, 5) is 31.7. The lowest BCUT2D eigenvalue weighted by atomic mass is 10.3. The van der Waals surface area contributed by atoms with Gasteiger partial charge >= 0.3 is 0 Å². The number of nitrogens with one attached hydrogen (secondary N) is 4. The maximum atomic E-state index is 13.1. The van der Waals surface area contributed by atoms with E-state index in [0.717, 1.165) is 0 Å². The molecule has 0 spiro atoms. The number of rotatable bonds is 10. The van der Waals surface area contributed by atoms with Crippen LogP contribution in [0, 0.1) is 5.82 Å². The minimum absolute atomic E-state index is 0.0624. The molecule has 0 radical (unpaired) electrons. The highest BCUT2D eigenvalue weighted by Gasteiger charge is 2.18. The number of thiazole rings is 1. The number of anilines is 6. The largest absolute Gasteiger partial charge is 0.378 e. The van der Waals surface area contributed by atoms with Crippen LogP contribution in [0.25, 0.3) is 0 Å². The number of hydrogen-bond donors (Lipinski definition) is 4. The number of sulfonamides is 1. The van der Waals surface area contributed by atoms with E-state index in [1.165, 1.54) is 53.9 Å². The average Bonchev–Trinajstić information content (AvgIpc) is 3.46. The Morgan fingerprint density at radius 2 is 1.68 bits per heavy atom. The van der Waals surface area contributed by atoms with Gasteiger partial charge in [0.25, 0.3) is 10.0 Å². The molecule has 0 aliphatic carbocycles. The van der Waals surface area contributed by atoms with Crippen molar-refractivity contribution < 1.29 is 22.3 Å². The van der Waals surface area contributed by atoms with Gasteiger partial charge in [0.2, 0.25) is 23.8 Å². The van der Waals surface area contributed by atoms with E-state index in [9.17, 15) is 17.6 Å². The second-order valence-electron chi connectivity index (χ2n) is 8.38. The molecule has 1 aliphatic rings. The molecule has 40 heavy (non-hydrogen) atoms. The molecular weight excluding hydrogens is 561 g/mol. The van der Waals surface area contributed by atoms with E-state index in [2.05, 4.69) is 40.6 Å². The van der Waals surface area contributed by atoms with Crippen LogP contribution in [0.15, 0.2) is 65.0 Å². The van der Waals surface area contributed by atoms with Crippen LogP contribution >= 0.6 is 11.3 Å². The molecule has 1 amide bonds. The molecule has 2 aromatic carbocycles. The molecule has 4 aromatic rings. The van der Waals surface area contributed by atoms with Crippen LogP contribution in [0.1, 0.15) is 0 Å². The molecule has 4 N–H and O–H groups in total. The third kappa shape index (κ3) is 7.16. The predicted octanol–water partition coefficient (Wildman–Crippen LogP) is 2.90. The molecule has 1 fully saturated rings. The molecule has 1 saturated heterocycles. The van der Waals surface area contributed by atoms with E-state index in [1.807, 2.05) is 4.90 Å². The zero-order valence-electron chi connectivity index (χ0n) is 20.9. The summed E-state index contributed by atoms with van der Waals surface area (Å²) in [5.74, 6) is -0.0539. The van der Waals surface area contributed by atoms with Crippen molar-refractivity contribution in [1.82, 2.24) is 19.9 Å². The number of nitrogens with zero attached hydrogens (tertiary/aromatic N) is 5. The summed E-state index contributed by atoms with van der Waals surface area (Å²) in [6.45, 7) is 2.03.